The number of nitriles is 1. The topological polar surface area (TPSA) is 79.2 Å². The molecule has 1 amide bonds. The summed E-state index contributed by atoms with van der Waals surface area (Å²) in [7, 11) is 0. The first-order valence-electron chi connectivity index (χ1n) is 4.65. The van der Waals surface area contributed by atoms with Gasteiger partial charge in [0.2, 0.25) is 0 Å². The maximum absolute atomic E-state index is 11.2. The lowest BCUT2D eigenvalue weighted by atomic mass is 10.2. The summed E-state index contributed by atoms with van der Waals surface area (Å²) in [6.45, 7) is 1.77. The van der Waals surface area contributed by atoms with Crippen LogP contribution in [0.4, 0.5) is 5.69 Å². The van der Waals surface area contributed by atoms with E-state index in [-0.39, 0.29) is 6.61 Å². The zero-order valence-corrected chi connectivity index (χ0v) is 8.69. The molecule has 0 aliphatic rings. The molecule has 0 saturated carbocycles. The number of esters is 1. The fourth-order valence-corrected chi connectivity index (χ4v) is 1.01. The molecule has 0 spiro atoms. The Morgan fingerprint density at radius 2 is 2.00 bits per heavy atom. The van der Waals surface area contributed by atoms with Crippen LogP contribution in [0.5, 0.6) is 0 Å². The second-order valence-electron chi connectivity index (χ2n) is 2.86. The summed E-state index contributed by atoms with van der Waals surface area (Å²) in [4.78, 5) is 22.2. The third kappa shape index (κ3) is 3.10. The molecular weight excluding hydrogens is 208 g/mol. The monoisotopic (exact) mass is 218 g/mol. The van der Waals surface area contributed by atoms with Crippen molar-refractivity contribution in [3.8, 4) is 6.07 Å². The number of benzene rings is 1. The van der Waals surface area contributed by atoms with Gasteiger partial charge in [-0.15, -0.1) is 0 Å². The van der Waals surface area contributed by atoms with Crippen molar-refractivity contribution in [3.63, 3.8) is 0 Å². The minimum absolute atomic E-state index is 0.152. The van der Waals surface area contributed by atoms with E-state index in [9.17, 15) is 9.59 Å². The molecule has 0 atom stereocenters. The molecule has 0 radical (unpaired) electrons. The van der Waals surface area contributed by atoms with Crippen LogP contribution in [0.1, 0.15) is 12.5 Å². The Morgan fingerprint density at radius 1 is 1.38 bits per heavy atom. The lowest BCUT2D eigenvalue weighted by molar-refractivity contribution is -0.152. The van der Waals surface area contributed by atoms with Crippen molar-refractivity contribution in [1.82, 2.24) is 0 Å². The SMILES string of the molecule is CCOC(=O)C(=O)Nc1ccc(C#N)cc1. The van der Waals surface area contributed by atoms with Crippen molar-refractivity contribution in [3.05, 3.63) is 29.8 Å². The van der Waals surface area contributed by atoms with Crippen LogP contribution in [-0.2, 0) is 14.3 Å². The van der Waals surface area contributed by atoms with Gasteiger partial charge in [0, 0.05) is 5.69 Å². The van der Waals surface area contributed by atoms with Crippen LogP contribution in [0.15, 0.2) is 24.3 Å². The number of carbonyl (C=O) groups is 2. The van der Waals surface area contributed by atoms with Gasteiger partial charge in [0.25, 0.3) is 0 Å². The van der Waals surface area contributed by atoms with Gasteiger partial charge in [-0.05, 0) is 31.2 Å². The first kappa shape index (κ1) is 11.7. The van der Waals surface area contributed by atoms with Crippen molar-refractivity contribution in [2.24, 2.45) is 0 Å². The van der Waals surface area contributed by atoms with Gasteiger partial charge >= 0.3 is 11.9 Å². The van der Waals surface area contributed by atoms with E-state index < -0.39 is 11.9 Å². The maximum atomic E-state index is 11.2. The minimum Gasteiger partial charge on any atom is -0.459 e. The van der Waals surface area contributed by atoms with Crippen molar-refractivity contribution in [1.29, 1.82) is 5.26 Å². The summed E-state index contributed by atoms with van der Waals surface area (Å²) in [6, 6.07) is 8.11. The molecule has 5 nitrogen and oxygen atoms in total. The molecule has 0 aliphatic heterocycles. The van der Waals surface area contributed by atoms with E-state index in [1.54, 1.807) is 19.1 Å². The number of carbonyl (C=O) groups excluding carboxylic acids is 2. The van der Waals surface area contributed by atoms with E-state index in [2.05, 4.69) is 10.1 Å². The van der Waals surface area contributed by atoms with Crippen molar-refractivity contribution >= 4 is 17.6 Å². The number of rotatable bonds is 2. The van der Waals surface area contributed by atoms with E-state index in [0.29, 0.717) is 11.3 Å². The Hall–Kier alpha value is -2.35. The van der Waals surface area contributed by atoms with Gasteiger partial charge in [0.15, 0.2) is 0 Å². The fraction of sp³-hybridized carbons (Fsp3) is 0.182. The fourth-order valence-electron chi connectivity index (χ4n) is 1.01. The van der Waals surface area contributed by atoms with Crippen LogP contribution in [-0.4, -0.2) is 18.5 Å². The Kier molecular flexibility index (Phi) is 4.04. The molecule has 1 aromatic carbocycles. The number of amides is 1. The van der Waals surface area contributed by atoms with Crippen LogP contribution in [0.3, 0.4) is 0 Å². The number of nitrogens with zero attached hydrogens (tertiary/aromatic N) is 1. The number of hydrogen-bond donors (Lipinski definition) is 1. The number of ether oxygens (including phenoxy) is 1. The van der Waals surface area contributed by atoms with E-state index in [0.717, 1.165) is 0 Å². The Morgan fingerprint density at radius 3 is 2.50 bits per heavy atom. The van der Waals surface area contributed by atoms with E-state index >= 15 is 0 Å². The quantitative estimate of drug-likeness (QED) is 0.594. The zero-order valence-electron chi connectivity index (χ0n) is 8.69. The second kappa shape index (κ2) is 5.51. The summed E-state index contributed by atoms with van der Waals surface area (Å²) in [5, 5.41) is 10.9. The van der Waals surface area contributed by atoms with Crippen LogP contribution in [0, 0.1) is 11.3 Å². The Labute approximate surface area is 92.6 Å². The molecule has 0 aromatic heterocycles. The molecule has 16 heavy (non-hydrogen) atoms. The smallest absolute Gasteiger partial charge is 0.397 e. The summed E-state index contributed by atoms with van der Waals surface area (Å²) in [5.41, 5.74) is 0.922. The average Bonchev–Trinajstić information content (AvgIpc) is 2.30. The van der Waals surface area contributed by atoms with Crippen LogP contribution in [0.25, 0.3) is 0 Å². The van der Waals surface area contributed by atoms with Crippen LogP contribution in [0.2, 0.25) is 0 Å². The van der Waals surface area contributed by atoms with Gasteiger partial charge in [-0.3, -0.25) is 4.79 Å². The number of anilines is 1. The number of hydrogen-bond acceptors (Lipinski definition) is 4. The van der Waals surface area contributed by atoms with Gasteiger partial charge in [0.05, 0.1) is 18.2 Å². The first-order chi connectivity index (χ1) is 7.67. The Bertz CT molecular complexity index is 432. The molecule has 0 bridgehead atoms. The minimum atomic E-state index is -0.924. The van der Waals surface area contributed by atoms with Gasteiger partial charge in [0.1, 0.15) is 0 Å². The summed E-state index contributed by atoms with van der Waals surface area (Å²) >= 11 is 0. The molecular formula is C11H10N2O3. The molecule has 5 heteroatoms. The largest absolute Gasteiger partial charge is 0.459 e. The molecule has 0 heterocycles. The molecule has 1 rings (SSSR count). The summed E-state index contributed by atoms with van der Waals surface area (Å²) in [5.74, 6) is -1.75. The Balaban J connectivity index is 2.63. The highest BCUT2D eigenvalue weighted by atomic mass is 16.5. The third-order valence-electron chi connectivity index (χ3n) is 1.73. The lowest BCUT2D eigenvalue weighted by Crippen LogP contribution is -2.24. The third-order valence-corrected chi connectivity index (χ3v) is 1.73. The van der Waals surface area contributed by atoms with Crippen molar-refractivity contribution in [2.75, 3.05) is 11.9 Å². The van der Waals surface area contributed by atoms with Crippen molar-refractivity contribution in [2.45, 2.75) is 6.92 Å². The van der Waals surface area contributed by atoms with E-state index in [1.807, 2.05) is 6.07 Å². The van der Waals surface area contributed by atoms with E-state index in [1.165, 1.54) is 12.1 Å². The average molecular weight is 218 g/mol. The molecule has 0 unspecified atom stereocenters. The highest BCUT2D eigenvalue weighted by Crippen LogP contribution is 2.08. The zero-order chi connectivity index (χ0) is 12.0. The van der Waals surface area contributed by atoms with E-state index in [4.69, 9.17) is 5.26 Å². The van der Waals surface area contributed by atoms with Gasteiger partial charge in [-0.2, -0.15) is 5.26 Å². The van der Waals surface area contributed by atoms with Crippen molar-refractivity contribution < 1.29 is 14.3 Å². The van der Waals surface area contributed by atoms with Crippen LogP contribution >= 0.6 is 0 Å². The molecule has 0 aliphatic carbocycles. The predicted octanol–water partition coefficient (Wildman–Crippen LogP) is 1.06. The van der Waals surface area contributed by atoms with Crippen LogP contribution < -0.4 is 5.32 Å². The highest BCUT2D eigenvalue weighted by Gasteiger charge is 2.14. The predicted molar refractivity (Wildman–Crippen MR) is 56.4 cm³/mol. The normalized spacial score (nSPS) is 9.00. The maximum Gasteiger partial charge on any atom is 0.397 e. The number of nitrogens with one attached hydrogen (secondary N) is 1. The van der Waals surface area contributed by atoms with Gasteiger partial charge < -0.3 is 10.1 Å². The second-order valence-corrected chi connectivity index (χ2v) is 2.86. The summed E-state index contributed by atoms with van der Waals surface area (Å²) < 4.78 is 4.52. The summed E-state index contributed by atoms with van der Waals surface area (Å²) in [6.07, 6.45) is 0. The standard InChI is InChI=1S/C11H10N2O3/c1-2-16-11(15)10(14)13-9-5-3-8(7-12)4-6-9/h3-6H,2H2,1H3,(H,13,14). The lowest BCUT2D eigenvalue weighted by Gasteiger charge is -2.03. The molecule has 82 valence electrons. The van der Waals surface area contributed by atoms with Gasteiger partial charge in [-0.25, -0.2) is 4.79 Å². The molecule has 0 saturated heterocycles. The molecule has 0 fully saturated rings. The molecule has 1 aromatic rings. The molecule has 1 N–H and O–H groups in total. The highest BCUT2D eigenvalue weighted by molar-refractivity contribution is 6.37. The van der Waals surface area contributed by atoms with Gasteiger partial charge in [-0.1, -0.05) is 0 Å². The first-order valence-corrected chi connectivity index (χ1v) is 4.65.